The summed E-state index contributed by atoms with van der Waals surface area (Å²) in [7, 11) is 1.96. The van der Waals surface area contributed by atoms with E-state index >= 15 is 0 Å². The van der Waals surface area contributed by atoms with Crippen LogP contribution in [0.2, 0.25) is 0 Å². The van der Waals surface area contributed by atoms with Crippen LogP contribution in [0, 0.1) is 0 Å². The highest BCUT2D eigenvalue weighted by molar-refractivity contribution is 7.98. The van der Waals surface area contributed by atoms with E-state index in [-0.39, 0.29) is 11.9 Å². The first-order chi connectivity index (χ1) is 14.6. The maximum absolute atomic E-state index is 13.0. The van der Waals surface area contributed by atoms with Crippen molar-refractivity contribution in [1.82, 2.24) is 34.5 Å². The van der Waals surface area contributed by atoms with Crippen LogP contribution in [0.3, 0.4) is 0 Å². The van der Waals surface area contributed by atoms with Gasteiger partial charge < -0.3 is 9.80 Å². The van der Waals surface area contributed by atoms with Crippen molar-refractivity contribution in [1.29, 1.82) is 0 Å². The summed E-state index contributed by atoms with van der Waals surface area (Å²) < 4.78 is 1.86. The number of piperidine rings is 1. The van der Waals surface area contributed by atoms with E-state index in [4.69, 9.17) is 0 Å². The maximum Gasteiger partial charge on any atom is 0.236 e. The number of anilines is 1. The summed E-state index contributed by atoms with van der Waals surface area (Å²) in [5.41, 5.74) is 0. The molecule has 2 aromatic rings. The molecule has 0 bridgehead atoms. The largest absolute Gasteiger partial charge is 0.356 e. The number of likely N-dealkylation sites (N-methyl/N-ethyl adjacent to an activating group) is 1. The van der Waals surface area contributed by atoms with Crippen molar-refractivity contribution in [2.24, 2.45) is 0 Å². The highest BCUT2D eigenvalue weighted by Gasteiger charge is 2.31. The first-order valence-corrected chi connectivity index (χ1v) is 11.8. The number of amides is 1. The lowest BCUT2D eigenvalue weighted by atomic mass is 10.0. The Labute approximate surface area is 181 Å². The number of rotatable bonds is 7. The summed E-state index contributed by atoms with van der Waals surface area (Å²) in [6.45, 7) is 4.08. The van der Waals surface area contributed by atoms with Crippen molar-refractivity contribution < 1.29 is 4.79 Å². The first kappa shape index (κ1) is 21.0. The van der Waals surface area contributed by atoms with Gasteiger partial charge in [-0.2, -0.15) is 5.10 Å². The predicted molar refractivity (Wildman–Crippen MR) is 116 cm³/mol. The molecule has 2 saturated heterocycles. The average Bonchev–Trinajstić information content (AvgIpc) is 3.46. The molecule has 30 heavy (non-hydrogen) atoms. The molecule has 10 heteroatoms. The molecule has 1 atom stereocenters. The minimum Gasteiger partial charge on any atom is -0.356 e. The second kappa shape index (κ2) is 9.74. The molecule has 2 aliphatic rings. The van der Waals surface area contributed by atoms with E-state index in [9.17, 15) is 4.79 Å². The van der Waals surface area contributed by atoms with E-state index in [2.05, 4.69) is 29.9 Å². The maximum atomic E-state index is 13.0. The van der Waals surface area contributed by atoms with Crippen molar-refractivity contribution in [3.8, 4) is 0 Å². The van der Waals surface area contributed by atoms with Crippen LogP contribution in [0.15, 0.2) is 30.1 Å². The molecular formula is C20H30N8OS. The van der Waals surface area contributed by atoms with Crippen LogP contribution in [0.5, 0.6) is 0 Å². The Morgan fingerprint density at radius 2 is 2.10 bits per heavy atom. The monoisotopic (exact) mass is 430 g/mol. The molecule has 2 fully saturated rings. The second-order valence-corrected chi connectivity index (χ2v) is 8.78. The topological polar surface area (TPSA) is 83.3 Å². The molecule has 0 saturated carbocycles. The molecular weight excluding hydrogens is 400 g/mol. The summed E-state index contributed by atoms with van der Waals surface area (Å²) in [5.74, 6) is 1.19. The molecule has 162 valence electrons. The van der Waals surface area contributed by atoms with E-state index in [0.717, 1.165) is 62.8 Å². The van der Waals surface area contributed by atoms with Gasteiger partial charge in [-0.25, -0.2) is 15.0 Å². The second-order valence-electron chi connectivity index (χ2n) is 8.01. The van der Waals surface area contributed by atoms with E-state index in [1.165, 1.54) is 0 Å². The van der Waals surface area contributed by atoms with Gasteiger partial charge in [-0.15, -0.1) is 0 Å². The van der Waals surface area contributed by atoms with Gasteiger partial charge in [0.2, 0.25) is 5.91 Å². The molecule has 2 aliphatic heterocycles. The third kappa shape index (κ3) is 4.92. The number of thioether (sulfide) groups is 1. The van der Waals surface area contributed by atoms with E-state index in [1.54, 1.807) is 24.4 Å². The number of aromatic nitrogens is 5. The van der Waals surface area contributed by atoms with Gasteiger partial charge in [0.25, 0.3) is 0 Å². The number of likely N-dealkylation sites (tertiary alicyclic amines) is 1. The molecule has 0 N–H and O–H groups in total. The zero-order valence-corrected chi connectivity index (χ0v) is 18.5. The lowest BCUT2D eigenvalue weighted by Crippen LogP contribution is -2.49. The standard InChI is InChI=1S/C20H30N8OS/c1-25(16-6-10-26(11-7-16)18-5-8-22-20(24-18)30-2)19(29)13-27-9-3-4-17(27)12-28-15-21-14-23-28/h5,8,14-17H,3-4,6-7,9-13H2,1-2H3. The van der Waals surface area contributed by atoms with Crippen molar-refractivity contribution in [2.75, 3.05) is 44.4 Å². The zero-order chi connectivity index (χ0) is 20.9. The quantitative estimate of drug-likeness (QED) is 0.481. The molecule has 1 unspecified atom stereocenters. The molecule has 4 rings (SSSR count). The van der Waals surface area contributed by atoms with E-state index in [1.807, 2.05) is 35.1 Å². The van der Waals surface area contributed by atoms with E-state index in [0.29, 0.717) is 12.6 Å². The Kier molecular flexibility index (Phi) is 6.83. The Hall–Kier alpha value is -2.20. The van der Waals surface area contributed by atoms with Crippen LogP contribution >= 0.6 is 11.8 Å². The number of carbonyl (C=O) groups is 1. The van der Waals surface area contributed by atoms with Gasteiger partial charge >= 0.3 is 0 Å². The number of hydrogen-bond acceptors (Lipinski definition) is 8. The third-order valence-corrected chi connectivity index (χ3v) is 6.79. The smallest absolute Gasteiger partial charge is 0.236 e. The summed E-state index contributed by atoms with van der Waals surface area (Å²) in [5, 5.41) is 5.01. The summed E-state index contributed by atoms with van der Waals surface area (Å²) in [4.78, 5) is 32.4. The fourth-order valence-corrected chi connectivity index (χ4v) is 4.78. The highest BCUT2D eigenvalue weighted by Crippen LogP contribution is 2.23. The van der Waals surface area contributed by atoms with Crippen LogP contribution in [-0.2, 0) is 11.3 Å². The molecule has 0 radical (unpaired) electrons. The van der Waals surface area contributed by atoms with E-state index < -0.39 is 0 Å². The minimum absolute atomic E-state index is 0.214. The molecule has 2 aromatic heterocycles. The van der Waals surface area contributed by atoms with Crippen molar-refractivity contribution in [2.45, 2.75) is 49.5 Å². The molecule has 0 spiro atoms. The molecule has 0 aromatic carbocycles. The number of carbonyl (C=O) groups excluding carboxylic acids is 1. The Balaban J connectivity index is 1.28. The third-order valence-electron chi connectivity index (χ3n) is 6.23. The Morgan fingerprint density at radius 1 is 1.27 bits per heavy atom. The van der Waals surface area contributed by atoms with Crippen LogP contribution in [0.4, 0.5) is 5.82 Å². The van der Waals surface area contributed by atoms with Gasteiger partial charge in [-0.3, -0.25) is 14.4 Å². The normalized spacial score (nSPS) is 20.6. The van der Waals surface area contributed by atoms with Crippen LogP contribution in [-0.4, -0.2) is 92.0 Å². The van der Waals surface area contributed by atoms with Gasteiger partial charge in [-0.1, -0.05) is 11.8 Å². The van der Waals surface area contributed by atoms with Crippen molar-refractivity contribution >= 4 is 23.5 Å². The van der Waals surface area contributed by atoms with Crippen molar-refractivity contribution in [3.63, 3.8) is 0 Å². The summed E-state index contributed by atoms with van der Waals surface area (Å²) in [6, 6.07) is 2.61. The number of nitrogens with zero attached hydrogens (tertiary/aromatic N) is 8. The van der Waals surface area contributed by atoms with Crippen LogP contribution in [0.25, 0.3) is 0 Å². The van der Waals surface area contributed by atoms with Crippen molar-refractivity contribution in [3.05, 3.63) is 24.9 Å². The molecule has 1 amide bonds. The summed E-state index contributed by atoms with van der Waals surface area (Å²) >= 11 is 1.56. The van der Waals surface area contributed by atoms with Crippen LogP contribution < -0.4 is 4.90 Å². The lowest BCUT2D eigenvalue weighted by Gasteiger charge is -2.38. The first-order valence-electron chi connectivity index (χ1n) is 10.6. The minimum atomic E-state index is 0.214. The average molecular weight is 431 g/mol. The van der Waals surface area contributed by atoms with Gasteiger partial charge in [0.15, 0.2) is 5.16 Å². The molecule has 9 nitrogen and oxygen atoms in total. The highest BCUT2D eigenvalue weighted by atomic mass is 32.2. The van der Waals surface area contributed by atoms with Crippen LogP contribution in [0.1, 0.15) is 25.7 Å². The Bertz CT molecular complexity index is 824. The Morgan fingerprint density at radius 3 is 2.83 bits per heavy atom. The van der Waals surface area contributed by atoms with Gasteiger partial charge in [0.1, 0.15) is 18.5 Å². The van der Waals surface area contributed by atoms with Gasteiger partial charge in [-0.05, 0) is 44.6 Å². The van der Waals surface area contributed by atoms with Gasteiger partial charge in [0, 0.05) is 38.4 Å². The fraction of sp³-hybridized carbons (Fsp3) is 0.650. The fourth-order valence-electron chi connectivity index (χ4n) is 4.43. The zero-order valence-electron chi connectivity index (χ0n) is 17.7. The number of hydrogen-bond donors (Lipinski definition) is 0. The van der Waals surface area contributed by atoms with Gasteiger partial charge in [0.05, 0.1) is 13.1 Å². The predicted octanol–water partition coefficient (Wildman–Crippen LogP) is 1.38. The molecule has 4 heterocycles. The summed E-state index contributed by atoms with van der Waals surface area (Å²) in [6.07, 6.45) is 11.3. The SMILES string of the molecule is CSc1nccc(N2CCC(N(C)C(=O)CN3CCCC3Cn3cncn3)CC2)n1. The lowest BCUT2D eigenvalue weighted by molar-refractivity contribution is -0.133. The molecule has 0 aliphatic carbocycles.